The lowest BCUT2D eigenvalue weighted by molar-refractivity contribution is -0.144. The lowest BCUT2D eigenvalue weighted by Crippen LogP contribution is -2.59. The Bertz CT molecular complexity index is 1780. The summed E-state index contributed by atoms with van der Waals surface area (Å²) in [7, 11) is 0. The molecule has 18 heteroatoms. The molecule has 1 unspecified atom stereocenters. The third-order valence-electron chi connectivity index (χ3n) is 10.8. The molecule has 3 aliphatic rings. The number of aromatic amines is 1. The third-order valence-corrected chi connectivity index (χ3v) is 10.8. The highest BCUT2D eigenvalue weighted by Gasteiger charge is 2.46. The number of fused-ring (bicyclic) bond motifs is 1. The number of nitrogens with one attached hydrogen (secondary N) is 5. The minimum atomic E-state index is -1.18. The first-order valence-electron chi connectivity index (χ1n) is 20.6. The zero-order valence-corrected chi connectivity index (χ0v) is 34.1. The highest BCUT2D eigenvalue weighted by atomic mass is 16.6. The average Bonchev–Trinajstić information content (AvgIpc) is 3.66. The van der Waals surface area contributed by atoms with Gasteiger partial charge in [0.1, 0.15) is 30.1 Å². The van der Waals surface area contributed by atoms with Gasteiger partial charge >= 0.3 is 6.09 Å². The summed E-state index contributed by atoms with van der Waals surface area (Å²) in [5.74, 6) is -3.85. The van der Waals surface area contributed by atoms with E-state index in [2.05, 4.69) is 41.9 Å². The maximum absolute atomic E-state index is 14.5. The summed E-state index contributed by atoms with van der Waals surface area (Å²) in [6, 6.07) is 3.40. The van der Waals surface area contributed by atoms with Gasteiger partial charge in [-0.25, -0.2) is 9.89 Å². The lowest BCUT2D eigenvalue weighted by Gasteiger charge is -2.32. The minimum Gasteiger partial charge on any atom is -0.444 e. The fourth-order valence-electron chi connectivity index (χ4n) is 7.29. The Morgan fingerprint density at radius 2 is 1.66 bits per heavy atom. The Hall–Kier alpha value is -5.42. The molecule has 6 amide bonds. The number of rotatable bonds is 19. The molecule has 5 N–H and O–H groups in total. The Balaban J connectivity index is 1.29. The smallest absolute Gasteiger partial charge is 0.410 e. The van der Waals surface area contributed by atoms with E-state index in [0.29, 0.717) is 51.0 Å². The van der Waals surface area contributed by atoms with Gasteiger partial charge in [0.25, 0.3) is 5.91 Å². The van der Waals surface area contributed by atoms with Gasteiger partial charge in [-0.15, -0.1) is 5.10 Å². The number of H-pyrrole nitrogens is 1. The van der Waals surface area contributed by atoms with Crippen LogP contribution in [0, 0.1) is 11.8 Å². The van der Waals surface area contributed by atoms with Gasteiger partial charge < -0.3 is 35.8 Å². The molecule has 1 saturated heterocycles. The van der Waals surface area contributed by atoms with Gasteiger partial charge in [-0.05, 0) is 71.9 Å². The van der Waals surface area contributed by atoms with Gasteiger partial charge in [-0.1, -0.05) is 65.3 Å². The molecule has 5 rings (SSSR count). The van der Waals surface area contributed by atoms with Gasteiger partial charge in [0.05, 0.1) is 12.6 Å². The van der Waals surface area contributed by atoms with Crippen LogP contribution in [0.25, 0.3) is 0 Å². The van der Waals surface area contributed by atoms with Gasteiger partial charge in [0.15, 0.2) is 0 Å². The number of carbonyl (C=O) groups is 7. The maximum Gasteiger partial charge on any atom is 0.410 e. The summed E-state index contributed by atoms with van der Waals surface area (Å²) in [5, 5.41) is 24.6. The van der Waals surface area contributed by atoms with Crippen molar-refractivity contribution in [2.24, 2.45) is 11.8 Å². The number of carbonyl (C=O) groups excluding carboxylic acids is 7. The molecule has 18 nitrogen and oxygen atoms in total. The monoisotopic (exact) mass is 806 g/mol. The van der Waals surface area contributed by atoms with Crippen molar-refractivity contribution in [1.29, 1.82) is 0 Å². The molecule has 0 spiro atoms. The summed E-state index contributed by atoms with van der Waals surface area (Å²) < 4.78 is 5.95. The fraction of sp³-hybridized carbons (Fsp3) is 0.650. The fourth-order valence-corrected chi connectivity index (χ4v) is 7.29. The Morgan fingerprint density at radius 3 is 2.31 bits per heavy atom. The van der Waals surface area contributed by atoms with Crippen LogP contribution in [0.4, 0.5) is 4.79 Å². The first kappa shape index (κ1) is 43.7. The van der Waals surface area contributed by atoms with E-state index in [1.165, 1.54) is 4.90 Å². The predicted molar refractivity (Wildman–Crippen MR) is 209 cm³/mol. The standard InChI is InChI=1S/C40H58N10O8/c1-6-11-29(35(52)38(55)41-27-16-17-27)42-36(53)30-20-28(58-40(57)49-19-18-25-12-7-8-13-26(25)21-49)22-50(30)39(56)34(24(4)5)44-37(54)33(23(2)3)43-32(51)15-10-9-14-31-45-47-48-46-31/h7-8,12-13,23-24,27-30,33-34H,6,9-11,14-22H2,1-5H3,(H,41,55)(H,42,53)(H,43,51)(H,44,54)(H,45,46,47,48)/t28-,29?,30+,33+,34+/m1/s1. The molecule has 316 valence electrons. The van der Waals surface area contributed by atoms with Gasteiger partial charge in [0, 0.05) is 38.4 Å². The molecule has 3 heterocycles. The van der Waals surface area contributed by atoms with E-state index in [1.54, 1.807) is 32.6 Å². The van der Waals surface area contributed by atoms with Crippen molar-refractivity contribution in [1.82, 2.24) is 51.7 Å². The van der Waals surface area contributed by atoms with Crippen molar-refractivity contribution in [2.45, 2.75) is 142 Å². The van der Waals surface area contributed by atoms with Crippen LogP contribution in [0.5, 0.6) is 0 Å². The number of nitrogens with zero attached hydrogens (tertiary/aromatic N) is 5. The molecule has 1 aromatic heterocycles. The molecule has 0 bridgehead atoms. The Morgan fingerprint density at radius 1 is 0.931 bits per heavy atom. The van der Waals surface area contributed by atoms with Crippen molar-refractivity contribution in [2.75, 3.05) is 13.1 Å². The molecule has 1 aliphatic carbocycles. The van der Waals surface area contributed by atoms with Crippen molar-refractivity contribution < 1.29 is 38.3 Å². The van der Waals surface area contributed by atoms with Crippen LogP contribution in [0.1, 0.15) is 103 Å². The first-order valence-corrected chi connectivity index (χ1v) is 20.6. The molecular formula is C40H58N10O8. The number of hydrogen-bond acceptors (Lipinski definition) is 11. The molecule has 1 aromatic carbocycles. The van der Waals surface area contributed by atoms with E-state index in [9.17, 15) is 33.6 Å². The molecule has 0 radical (unpaired) electrons. The van der Waals surface area contributed by atoms with Crippen LogP contribution in [0.2, 0.25) is 0 Å². The summed E-state index contributed by atoms with van der Waals surface area (Å²) in [6.07, 6.45) is 3.33. The van der Waals surface area contributed by atoms with Crippen LogP contribution in [0.3, 0.4) is 0 Å². The summed E-state index contributed by atoms with van der Waals surface area (Å²) in [5.41, 5.74) is 2.16. The maximum atomic E-state index is 14.5. The van der Waals surface area contributed by atoms with Gasteiger partial charge in [-0.3, -0.25) is 28.8 Å². The highest BCUT2D eigenvalue weighted by Crippen LogP contribution is 2.26. The van der Waals surface area contributed by atoms with Gasteiger partial charge in [-0.2, -0.15) is 0 Å². The van der Waals surface area contributed by atoms with Crippen molar-refractivity contribution >= 4 is 41.4 Å². The number of amides is 6. The van der Waals surface area contributed by atoms with E-state index in [4.69, 9.17) is 4.74 Å². The van der Waals surface area contributed by atoms with E-state index in [1.807, 2.05) is 31.2 Å². The number of tetrazole rings is 1. The van der Waals surface area contributed by atoms with Crippen molar-refractivity contribution in [3.63, 3.8) is 0 Å². The number of hydrogen-bond donors (Lipinski definition) is 5. The summed E-state index contributed by atoms with van der Waals surface area (Å²) in [4.78, 5) is 97.7. The zero-order valence-electron chi connectivity index (χ0n) is 34.1. The number of ether oxygens (including phenoxy) is 1. The van der Waals surface area contributed by atoms with Crippen LogP contribution in [-0.4, -0.2) is 121 Å². The van der Waals surface area contributed by atoms with E-state index in [0.717, 1.165) is 24.0 Å². The van der Waals surface area contributed by atoms with Gasteiger partial charge in [0.2, 0.25) is 29.4 Å². The van der Waals surface area contributed by atoms with Crippen molar-refractivity contribution in [3.05, 3.63) is 41.2 Å². The predicted octanol–water partition coefficient (Wildman–Crippen LogP) is 1.49. The minimum absolute atomic E-state index is 0.0539. The third kappa shape index (κ3) is 11.8. The average molecular weight is 807 g/mol. The van der Waals surface area contributed by atoms with Crippen molar-refractivity contribution in [3.8, 4) is 0 Å². The normalized spacial score (nSPS) is 19.2. The van der Waals surface area contributed by atoms with Crippen LogP contribution >= 0.6 is 0 Å². The largest absolute Gasteiger partial charge is 0.444 e. The Labute approximate surface area is 338 Å². The molecule has 2 aromatic rings. The Kier molecular flexibility index (Phi) is 15.3. The van der Waals surface area contributed by atoms with E-state index < -0.39 is 71.7 Å². The molecular weight excluding hydrogens is 749 g/mol. The lowest BCUT2D eigenvalue weighted by atomic mass is 9.98. The summed E-state index contributed by atoms with van der Waals surface area (Å²) in [6.45, 7) is 9.55. The number of ketones is 1. The number of likely N-dealkylation sites (tertiary alicyclic amines) is 1. The van der Waals surface area contributed by atoms with Crippen LogP contribution in [0.15, 0.2) is 24.3 Å². The van der Waals surface area contributed by atoms with E-state index >= 15 is 0 Å². The quantitative estimate of drug-likeness (QED) is 0.101. The molecule has 58 heavy (non-hydrogen) atoms. The van der Waals surface area contributed by atoms with Crippen LogP contribution in [-0.2, 0) is 52.9 Å². The number of Topliss-reactive ketones (excluding diaryl/α,β-unsaturated/α-hetero) is 1. The zero-order chi connectivity index (χ0) is 41.9. The summed E-state index contributed by atoms with van der Waals surface area (Å²) >= 11 is 0. The SMILES string of the molecule is CCCC(NC(=O)[C@@H]1C[C@@H](OC(=O)N2CCc3ccccc3C2)CN1C(=O)[C@@H](NC(=O)[C@@H](NC(=O)CCCCc1nnn[nH]1)C(C)C)C(C)C)C(=O)C(=O)NC1CC1. The van der Waals surface area contributed by atoms with E-state index in [-0.39, 0.29) is 43.7 Å². The highest BCUT2D eigenvalue weighted by molar-refractivity contribution is 6.38. The molecule has 2 aliphatic heterocycles. The molecule has 5 atom stereocenters. The number of unbranched alkanes of at least 4 members (excludes halogenated alkanes) is 1. The molecule has 2 fully saturated rings. The van der Waals surface area contributed by atoms with Crippen LogP contribution < -0.4 is 21.3 Å². The number of benzene rings is 1. The first-order chi connectivity index (χ1) is 27.7. The second kappa shape index (κ2) is 20.3. The second-order valence-corrected chi connectivity index (χ2v) is 16.2. The second-order valence-electron chi connectivity index (χ2n) is 16.2. The number of aromatic nitrogens is 4. The topological polar surface area (TPSA) is 238 Å². The molecule has 1 saturated carbocycles. The number of aryl methyl sites for hydroxylation is 1.